The van der Waals surface area contributed by atoms with E-state index in [1.807, 2.05) is 4.98 Å². The number of aliphatic hydroxyl groups is 4. The normalized spacial score (nSPS) is 33.5. The molecular formula is C9H13N3O7. The SMILES string of the molecule is N[C@@]1(O)[C@@H](CO)O[C@@H](n2ccc(=O)[nH]c2=O)C1(O)O. The first-order valence-corrected chi connectivity index (χ1v) is 5.25. The van der Waals surface area contributed by atoms with E-state index in [1.54, 1.807) is 0 Å². The van der Waals surface area contributed by atoms with Crippen LogP contribution in [-0.2, 0) is 4.74 Å². The molecule has 0 aromatic carbocycles. The summed E-state index contributed by atoms with van der Waals surface area (Å²) >= 11 is 0. The molecule has 106 valence electrons. The lowest BCUT2D eigenvalue weighted by molar-refractivity contribution is -0.283. The van der Waals surface area contributed by atoms with Crippen LogP contribution in [0.1, 0.15) is 6.23 Å². The Labute approximate surface area is 105 Å². The summed E-state index contributed by atoms with van der Waals surface area (Å²) in [6.45, 7) is -0.801. The lowest BCUT2D eigenvalue weighted by atomic mass is 10.00. The van der Waals surface area contributed by atoms with Crippen LogP contribution < -0.4 is 17.0 Å². The number of aromatic nitrogens is 2. The van der Waals surface area contributed by atoms with Gasteiger partial charge >= 0.3 is 5.69 Å². The number of ether oxygens (including phenoxy) is 1. The van der Waals surface area contributed by atoms with E-state index in [4.69, 9.17) is 15.6 Å². The fourth-order valence-corrected chi connectivity index (χ4v) is 1.84. The predicted octanol–water partition coefficient (Wildman–Crippen LogP) is -4.25. The van der Waals surface area contributed by atoms with Crippen LogP contribution in [0.5, 0.6) is 0 Å². The van der Waals surface area contributed by atoms with E-state index in [-0.39, 0.29) is 0 Å². The second kappa shape index (κ2) is 4.23. The number of nitrogens with zero attached hydrogens (tertiary/aromatic N) is 1. The Morgan fingerprint density at radius 3 is 2.53 bits per heavy atom. The van der Waals surface area contributed by atoms with Gasteiger partial charge in [-0.25, -0.2) is 4.79 Å². The number of hydrogen-bond donors (Lipinski definition) is 6. The fourth-order valence-electron chi connectivity index (χ4n) is 1.84. The van der Waals surface area contributed by atoms with Gasteiger partial charge in [0.1, 0.15) is 6.10 Å². The molecule has 3 atom stereocenters. The van der Waals surface area contributed by atoms with Crippen molar-refractivity contribution in [2.45, 2.75) is 23.8 Å². The van der Waals surface area contributed by atoms with Crippen molar-refractivity contribution in [2.75, 3.05) is 6.61 Å². The van der Waals surface area contributed by atoms with E-state index in [9.17, 15) is 24.9 Å². The van der Waals surface area contributed by atoms with Crippen molar-refractivity contribution < 1.29 is 25.2 Å². The largest absolute Gasteiger partial charge is 0.393 e. The number of H-pyrrole nitrogens is 1. The van der Waals surface area contributed by atoms with E-state index in [0.29, 0.717) is 4.57 Å². The Morgan fingerprint density at radius 2 is 2.05 bits per heavy atom. The van der Waals surface area contributed by atoms with Gasteiger partial charge in [-0.05, 0) is 0 Å². The molecule has 1 aromatic rings. The molecule has 10 nitrogen and oxygen atoms in total. The quantitative estimate of drug-likeness (QED) is 0.294. The van der Waals surface area contributed by atoms with Gasteiger partial charge in [0.15, 0.2) is 6.23 Å². The third kappa shape index (κ3) is 1.90. The fraction of sp³-hybridized carbons (Fsp3) is 0.556. The standard InChI is InChI=1S/C9H13N3O7/c10-8(16)4(3-13)19-6(9(8,17)18)12-2-1-5(14)11-7(12)15/h1-2,4,6,13,16-18H,3,10H2,(H,11,14,15)/t4-,6-,8-/m1/s1. The molecule has 1 saturated heterocycles. The number of nitrogens with one attached hydrogen (secondary N) is 1. The summed E-state index contributed by atoms with van der Waals surface area (Å²) in [5, 5.41) is 38.4. The van der Waals surface area contributed by atoms with Crippen molar-refractivity contribution in [3.05, 3.63) is 33.1 Å². The van der Waals surface area contributed by atoms with Crippen molar-refractivity contribution in [1.29, 1.82) is 0 Å². The molecule has 0 spiro atoms. The van der Waals surface area contributed by atoms with Gasteiger partial charge in [0.25, 0.3) is 11.3 Å². The third-order valence-electron chi connectivity index (χ3n) is 2.99. The maximum atomic E-state index is 11.5. The smallest absolute Gasteiger partial charge is 0.330 e. The van der Waals surface area contributed by atoms with Crippen LogP contribution in [0.25, 0.3) is 0 Å². The Kier molecular flexibility index (Phi) is 3.09. The number of hydrogen-bond acceptors (Lipinski definition) is 8. The van der Waals surface area contributed by atoms with Gasteiger partial charge < -0.3 is 25.2 Å². The minimum absolute atomic E-state index is 0.634. The van der Waals surface area contributed by atoms with Gasteiger partial charge in [-0.3, -0.25) is 20.1 Å². The summed E-state index contributed by atoms with van der Waals surface area (Å²) in [5.74, 6) is -3.04. The monoisotopic (exact) mass is 275 g/mol. The van der Waals surface area contributed by atoms with Gasteiger partial charge in [-0.2, -0.15) is 0 Å². The number of rotatable bonds is 2. The van der Waals surface area contributed by atoms with Crippen molar-refractivity contribution in [3.8, 4) is 0 Å². The van der Waals surface area contributed by atoms with E-state index < -0.39 is 41.7 Å². The van der Waals surface area contributed by atoms with E-state index >= 15 is 0 Å². The first-order valence-electron chi connectivity index (χ1n) is 5.25. The molecule has 1 aliphatic rings. The van der Waals surface area contributed by atoms with Crippen LogP contribution >= 0.6 is 0 Å². The van der Waals surface area contributed by atoms with Gasteiger partial charge in [0.05, 0.1) is 6.61 Å². The van der Waals surface area contributed by atoms with Gasteiger partial charge in [-0.15, -0.1) is 0 Å². The van der Waals surface area contributed by atoms with Crippen LogP contribution in [-0.4, -0.2) is 54.2 Å². The molecule has 0 saturated carbocycles. The second-order valence-electron chi connectivity index (χ2n) is 4.23. The molecule has 2 heterocycles. The summed E-state index contributed by atoms with van der Waals surface area (Å²) in [7, 11) is 0. The molecule has 10 heteroatoms. The molecule has 0 radical (unpaired) electrons. The van der Waals surface area contributed by atoms with Crippen molar-refractivity contribution in [3.63, 3.8) is 0 Å². The maximum Gasteiger partial charge on any atom is 0.330 e. The van der Waals surface area contributed by atoms with Crippen molar-refractivity contribution in [1.82, 2.24) is 9.55 Å². The summed E-state index contributed by atoms with van der Waals surface area (Å²) < 4.78 is 5.60. The molecule has 0 bridgehead atoms. The Morgan fingerprint density at radius 1 is 1.42 bits per heavy atom. The van der Waals surface area contributed by atoms with Crippen LogP contribution in [0.2, 0.25) is 0 Å². The molecule has 1 aliphatic heterocycles. The van der Waals surface area contributed by atoms with Crippen LogP contribution in [0.15, 0.2) is 21.9 Å². The Bertz CT molecular complexity index is 590. The van der Waals surface area contributed by atoms with Crippen molar-refractivity contribution in [2.24, 2.45) is 5.73 Å². The van der Waals surface area contributed by atoms with E-state index in [1.165, 1.54) is 0 Å². The first kappa shape index (κ1) is 13.9. The number of nitrogens with two attached hydrogens (primary N) is 1. The minimum Gasteiger partial charge on any atom is -0.393 e. The van der Waals surface area contributed by atoms with Crippen molar-refractivity contribution >= 4 is 0 Å². The molecular weight excluding hydrogens is 262 g/mol. The summed E-state index contributed by atoms with van der Waals surface area (Å²) in [6.07, 6.45) is -2.36. The van der Waals surface area contributed by atoms with Crippen LogP contribution in [0.3, 0.4) is 0 Å². The maximum absolute atomic E-state index is 11.5. The minimum atomic E-state index is -3.04. The topological polar surface area (TPSA) is 171 Å². The van der Waals surface area contributed by atoms with Crippen LogP contribution in [0, 0.1) is 0 Å². The summed E-state index contributed by atoms with van der Waals surface area (Å²) in [5.41, 5.74) is 0.930. The van der Waals surface area contributed by atoms with Gasteiger partial charge in [0, 0.05) is 12.3 Å². The number of aliphatic hydroxyl groups excluding tert-OH is 1. The highest BCUT2D eigenvalue weighted by Gasteiger charge is 2.64. The van der Waals surface area contributed by atoms with Crippen LogP contribution in [0.4, 0.5) is 0 Å². The molecule has 1 fully saturated rings. The van der Waals surface area contributed by atoms with Gasteiger partial charge in [-0.1, -0.05) is 0 Å². The molecule has 2 rings (SSSR count). The highest BCUT2D eigenvalue weighted by molar-refractivity contribution is 5.04. The lowest BCUT2D eigenvalue weighted by Crippen LogP contribution is -2.65. The number of aromatic amines is 1. The zero-order valence-corrected chi connectivity index (χ0v) is 9.55. The Balaban J connectivity index is 2.52. The van der Waals surface area contributed by atoms with Gasteiger partial charge in [0.2, 0.25) is 5.72 Å². The molecule has 19 heavy (non-hydrogen) atoms. The average molecular weight is 275 g/mol. The zero-order chi connectivity index (χ0) is 14.4. The molecule has 7 N–H and O–H groups in total. The summed E-state index contributed by atoms with van der Waals surface area (Å²) in [4.78, 5) is 24.3. The first-order chi connectivity index (χ1) is 8.71. The highest BCUT2D eigenvalue weighted by atomic mass is 16.6. The second-order valence-corrected chi connectivity index (χ2v) is 4.23. The zero-order valence-electron chi connectivity index (χ0n) is 9.55. The third-order valence-corrected chi connectivity index (χ3v) is 2.99. The predicted molar refractivity (Wildman–Crippen MR) is 58.6 cm³/mol. The lowest BCUT2D eigenvalue weighted by Gasteiger charge is -2.32. The molecule has 1 aromatic heterocycles. The Hall–Kier alpha value is -1.56. The summed E-state index contributed by atoms with van der Waals surface area (Å²) in [6, 6.07) is 0.947. The highest BCUT2D eigenvalue weighted by Crippen LogP contribution is 2.39. The molecule has 0 unspecified atom stereocenters. The molecule has 0 aliphatic carbocycles. The molecule has 0 amide bonds. The average Bonchev–Trinajstić information content (AvgIpc) is 2.47. The van der Waals surface area contributed by atoms with E-state index in [0.717, 1.165) is 12.3 Å². The van der Waals surface area contributed by atoms with E-state index in [2.05, 4.69) is 0 Å².